The van der Waals surface area contributed by atoms with E-state index in [2.05, 4.69) is 56.9 Å². The lowest BCUT2D eigenvalue weighted by atomic mass is 9.93. The number of carbonyl (C=O) groups is 1. The highest BCUT2D eigenvalue weighted by Gasteiger charge is 2.31. The topological polar surface area (TPSA) is 53.0 Å². The molecule has 0 radical (unpaired) electrons. The molecule has 1 N–H and O–H groups in total. The van der Waals surface area contributed by atoms with Gasteiger partial charge in [0.1, 0.15) is 0 Å². The Kier molecular flexibility index (Phi) is 9.14. The molecule has 0 fully saturated rings. The molecule has 0 saturated heterocycles. The molecule has 2 aromatic rings. The van der Waals surface area contributed by atoms with Crippen molar-refractivity contribution < 1.29 is 14.6 Å². The number of phenols is 1. The van der Waals surface area contributed by atoms with Crippen LogP contribution in [0.2, 0.25) is 0 Å². The number of ether oxygens (including phenoxy) is 1. The minimum Gasteiger partial charge on any atom is -0.504 e. The van der Waals surface area contributed by atoms with Gasteiger partial charge in [0.15, 0.2) is 11.5 Å². The Labute approximate surface area is 194 Å². The zero-order chi connectivity index (χ0) is 23.9. The van der Waals surface area contributed by atoms with Crippen LogP contribution < -0.4 is 4.74 Å². The summed E-state index contributed by atoms with van der Waals surface area (Å²) in [6, 6.07) is 14.5. The molecule has 1 aliphatic rings. The van der Waals surface area contributed by atoms with E-state index in [1.165, 1.54) is 28.5 Å². The van der Waals surface area contributed by atoms with Crippen LogP contribution in [0.5, 0.6) is 11.5 Å². The third-order valence-electron chi connectivity index (χ3n) is 5.95. The molecule has 3 rings (SSSR count). The monoisotopic (exact) mass is 440 g/mol. The number of nitrogens with zero attached hydrogens (tertiary/aromatic N) is 2. The molecular formula is C27H40N2O3. The van der Waals surface area contributed by atoms with E-state index in [0.29, 0.717) is 18.3 Å². The van der Waals surface area contributed by atoms with Crippen molar-refractivity contribution in [2.75, 3.05) is 20.7 Å². The fraction of sp³-hybridized carbons (Fsp3) is 0.519. The minimum absolute atomic E-state index is 0.0926. The fourth-order valence-corrected chi connectivity index (χ4v) is 3.46. The number of phenolic OH excluding ortho intramolecular Hbond substituents is 1. The second kappa shape index (κ2) is 11.4. The van der Waals surface area contributed by atoms with Gasteiger partial charge in [-0.3, -0.25) is 9.69 Å². The zero-order valence-corrected chi connectivity index (χ0v) is 20.8. The maximum atomic E-state index is 10.1. The molecule has 1 heterocycles. The smallest absolute Gasteiger partial charge is 0.218 e. The molecule has 1 aliphatic heterocycles. The van der Waals surface area contributed by atoms with Crippen molar-refractivity contribution in [2.24, 2.45) is 5.92 Å². The second-order valence-corrected chi connectivity index (χ2v) is 9.86. The molecule has 176 valence electrons. The number of fused-ring (bicyclic) bond motifs is 1. The standard InChI is InChI=1S/C23H31NO2.C4H9NO/c1-17(2)16-26-22-13-18(9-10-21(22)25)11-12-23(3,4)24-14-19-7-5-6-8-20(19)15-24;1-4(6)5(2)3/h5-10,13,17,25H,11-12,14-16H2,1-4H3;1-3H3. The molecule has 0 aromatic heterocycles. The highest BCUT2D eigenvalue weighted by atomic mass is 16.5. The van der Waals surface area contributed by atoms with Gasteiger partial charge in [0, 0.05) is 39.6 Å². The highest BCUT2D eigenvalue weighted by molar-refractivity contribution is 5.72. The van der Waals surface area contributed by atoms with E-state index < -0.39 is 0 Å². The number of carbonyl (C=O) groups excluding carboxylic acids is 1. The van der Waals surface area contributed by atoms with Crippen molar-refractivity contribution in [3.05, 3.63) is 59.2 Å². The van der Waals surface area contributed by atoms with E-state index in [-0.39, 0.29) is 17.2 Å². The number of amides is 1. The van der Waals surface area contributed by atoms with Gasteiger partial charge < -0.3 is 14.7 Å². The summed E-state index contributed by atoms with van der Waals surface area (Å²) < 4.78 is 5.75. The first-order valence-corrected chi connectivity index (χ1v) is 11.4. The van der Waals surface area contributed by atoms with E-state index in [1.54, 1.807) is 20.2 Å². The van der Waals surface area contributed by atoms with Gasteiger partial charge in [-0.15, -0.1) is 0 Å². The predicted molar refractivity (Wildman–Crippen MR) is 131 cm³/mol. The van der Waals surface area contributed by atoms with Crippen LogP contribution in [0.1, 0.15) is 57.7 Å². The normalized spacial score (nSPS) is 13.4. The third-order valence-corrected chi connectivity index (χ3v) is 5.95. The molecule has 0 spiro atoms. The number of hydrogen-bond acceptors (Lipinski definition) is 4. The SMILES string of the molecule is CC(=O)N(C)C.CC(C)COc1cc(CCC(C)(C)N2Cc3ccccc3C2)ccc1O. The Bertz CT molecular complexity index is 865. The maximum absolute atomic E-state index is 10.1. The Morgan fingerprint density at radius 3 is 2.19 bits per heavy atom. The zero-order valence-electron chi connectivity index (χ0n) is 20.8. The fourth-order valence-electron chi connectivity index (χ4n) is 3.46. The van der Waals surface area contributed by atoms with Gasteiger partial charge in [0.05, 0.1) is 6.61 Å². The summed E-state index contributed by atoms with van der Waals surface area (Å²) in [6.45, 7) is 13.1. The molecular weight excluding hydrogens is 400 g/mol. The molecule has 0 saturated carbocycles. The van der Waals surface area contributed by atoms with E-state index in [9.17, 15) is 9.90 Å². The molecule has 5 nitrogen and oxygen atoms in total. The van der Waals surface area contributed by atoms with Gasteiger partial charge in [0.25, 0.3) is 0 Å². The van der Waals surface area contributed by atoms with Gasteiger partial charge in [-0.05, 0) is 61.4 Å². The van der Waals surface area contributed by atoms with Crippen molar-refractivity contribution in [2.45, 2.75) is 66.1 Å². The molecule has 0 unspecified atom stereocenters. The van der Waals surface area contributed by atoms with Gasteiger partial charge in [-0.2, -0.15) is 0 Å². The summed E-state index contributed by atoms with van der Waals surface area (Å²) in [5.74, 6) is 1.36. The molecule has 32 heavy (non-hydrogen) atoms. The average molecular weight is 441 g/mol. The number of aryl methyl sites for hydroxylation is 1. The van der Waals surface area contributed by atoms with Crippen LogP contribution in [-0.4, -0.2) is 47.1 Å². The number of rotatable bonds is 7. The van der Waals surface area contributed by atoms with Gasteiger partial charge >= 0.3 is 0 Å². The van der Waals surface area contributed by atoms with Crippen molar-refractivity contribution in [3.8, 4) is 11.5 Å². The van der Waals surface area contributed by atoms with Crippen LogP contribution in [0.15, 0.2) is 42.5 Å². The number of benzene rings is 2. The Hall–Kier alpha value is -2.53. The lowest BCUT2D eigenvalue weighted by molar-refractivity contribution is -0.126. The van der Waals surface area contributed by atoms with E-state index >= 15 is 0 Å². The molecule has 5 heteroatoms. The van der Waals surface area contributed by atoms with Crippen LogP contribution in [0.25, 0.3) is 0 Å². The first-order chi connectivity index (χ1) is 15.0. The van der Waals surface area contributed by atoms with Gasteiger partial charge in [-0.25, -0.2) is 0 Å². The Morgan fingerprint density at radius 2 is 1.69 bits per heavy atom. The second-order valence-electron chi connectivity index (χ2n) is 9.86. The summed E-state index contributed by atoms with van der Waals surface area (Å²) in [4.78, 5) is 14.2. The van der Waals surface area contributed by atoms with Crippen LogP contribution in [-0.2, 0) is 24.3 Å². The summed E-state index contributed by atoms with van der Waals surface area (Å²) in [5, 5.41) is 10.0. The highest BCUT2D eigenvalue weighted by Crippen LogP contribution is 2.33. The van der Waals surface area contributed by atoms with Crippen LogP contribution >= 0.6 is 0 Å². The third kappa shape index (κ3) is 7.56. The van der Waals surface area contributed by atoms with Crippen LogP contribution in [0, 0.1) is 5.92 Å². The van der Waals surface area contributed by atoms with E-state index in [1.807, 2.05) is 12.1 Å². The minimum atomic E-state index is 0.0926. The Morgan fingerprint density at radius 1 is 1.12 bits per heavy atom. The van der Waals surface area contributed by atoms with E-state index in [0.717, 1.165) is 25.9 Å². The summed E-state index contributed by atoms with van der Waals surface area (Å²) in [7, 11) is 3.45. The first kappa shape index (κ1) is 25.7. The summed E-state index contributed by atoms with van der Waals surface area (Å²) in [6.07, 6.45) is 2.04. The molecule has 0 atom stereocenters. The number of aromatic hydroxyl groups is 1. The van der Waals surface area contributed by atoms with Crippen molar-refractivity contribution >= 4 is 5.91 Å². The quantitative estimate of drug-likeness (QED) is 0.639. The van der Waals surface area contributed by atoms with E-state index in [4.69, 9.17) is 4.74 Å². The lowest BCUT2D eigenvalue weighted by Crippen LogP contribution is -2.40. The molecule has 0 aliphatic carbocycles. The first-order valence-electron chi connectivity index (χ1n) is 11.4. The predicted octanol–water partition coefficient (Wildman–Crippen LogP) is 5.25. The summed E-state index contributed by atoms with van der Waals surface area (Å²) >= 11 is 0. The van der Waals surface area contributed by atoms with Crippen LogP contribution in [0.3, 0.4) is 0 Å². The van der Waals surface area contributed by atoms with Gasteiger partial charge in [-0.1, -0.05) is 44.2 Å². The summed E-state index contributed by atoms with van der Waals surface area (Å²) in [5.41, 5.74) is 4.24. The van der Waals surface area contributed by atoms with Crippen LogP contribution in [0.4, 0.5) is 0 Å². The Balaban J connectivity index is 0.000000534. The molecule has 1 amide bonds. The van der Waals surface area contributed by atoms with Crippen molar-refractivity contribution in [3.63, 3.8) is 0 Å². The van der Waals surface area contributed by atoms with Gasteiger partial charge in [0.2, 0.25) is 5.91 Å². The molecule has 2 aromatic carbocycles. The molecule has 0 bridgehead atoms. The maximum Gasteiger partial charge on any atom is 0.218 e. The lowest BCUT2D eigenvalue weighted by Gasteiger charge is -2.35. The average Bonchev–Trinajstić information content (AvgIpc) is 3.18. The van der Waals surface area contributed by atoms with Crippen molar-refractivity contribution in [1.82, 2.24) is 9.80 Å². The largest absolute Gasteiger partial charge is 0.504 e. The number of hydrogen-bond donors (Lipinski definition) is 1. The van der Waals surface area contributed by atoms with Crippen molar-refractivity contribution in [1.29, 1.82) is 0 Å².